The maximum atomic E-state index is 9.80. The van der Waals surface area contributed by atoms with Gasteiger partial charge in [0.2, 0.25) is 0 Å². The van der Waals surface area contributed by atoms with E-state index in [4.69, 9.17) is 0 Å². The summed E-state index contributed by atoms with van der Waals surface area (Å²) in [4.78, 5) is 0. The van der Waals surface area contributed by atoms with Crippen molar-refractivity contribution in [1.29, 1.82) is 0 Å². The quantitative estimate of drug-likeness (QED) is 0.711. The van der Waals surface area contributed by atoms with Gasteiger partial charge in [0.15, 0.2) is 0 Å². The first-order valence-electron chi connectivity index (χ1n) is 5.83. The topological polar surface area (TPSA) is 20.2 Å². The number of hydrogen-bond acceptors (Lipinski definition) is 1. The van der Waals surface area contributed by atoms with Gasteiger partial charge in [0, 0.05) is 0 Å². The van der Waals surface area contributed by atoms with Crippen molar-refractivity contribution >= 4 is 0 Å². The van der Waals surface area contributed by atoms with E-state index in [-0.39, 0.29) is 6.10 Å². The van der Waals surface area contributed by atoms with E-state index in [1.54, 1.807) is 0 Å². The van der Waals surface area contributed by atoms with Crippen LogP contribution in [0.2, 0.25) is 0 Å². The smallest absolute Gasteiger partial charge is 0.0571 e. The second kappa shape index (κ2) is 4.99. The highest BCUT2D eigenvalue weighted by Gasteiger charge is 2.31. The van der Waals surface area contributed by atoms with Crippen LogP contribution in [0.4, 0.5) is 0 Å². The zero-order valence-corrected chi connectivity index (χ0v) is 9.29. The molecular weight excluding hydrogens is 160 g/mol. The molecule has 13 heavy (non-hydrogen) atoms. The summed E-state index contributed by atoms with van der Waals surface area (Å²) in [6, 6.07) is 0. The normalized spacial score (nSPS) is 31.2. The highest BCUT2D eigenvalue weighted by Crippen LogP contribution is 2.36. The van der Waals surface area contributed by atoms with Crippen LogP contribution >= 0.6 is 0 Å². The third-order valence-corrected chi connectivity index (χ3v) is 3.44. The van der Waals surface area contributed by atoms with Gasteiger partial charge in [-0.3, -0.25) is 0 Å². The molecule has 0 bridgehead atoms. The second-order valence-corrected chi connectivity index (χ2v) is 4.96. The molecule has 3 atom stereocenters. The Balaban J connectivity index is 2.45. The lowest BCUT2D eigenvalue weighted by Gasteiger charge is -2.26. The molecule has 1 nitrogen and oxygen atoms in total. The van der Waals surface area contributed by atoms with Gasteiger partial charge in [-0.1, -0.05) is 33.6 Å². The van der Waals surface area contributed by atoms with Crippen molar-refractivity contribution in [1.82, 2.24) is 0 Å². The summed E-state index contributed by atoms with van der Waals surface area (Å²) >= 11 is 0. The molecule has 1 aliphatic carbocycles. The third-order valence-electron chi connectivity index (χ3n) is 3.44. The van der Waals surface area contributed by atoms with E-state index in [0.717, 1.165) is 18.3 Å². The molecule has 1 N–H and O–H groups in total. The lowest BCUT2D eigenvalue weighted by molar-refractivity contribution is 0.0882. The molecule has 0 saturated heterocycles. The SMILES string of the molecule is CCC(CC(C)C)C1CCCC1O. The van der Waals surface area contributed by atoms with Crippen LogP contribution in [-0.4, -0.2) is 11.2 Å². The van der Waals surface area contributed by atoms with Crippen molar-refractivity contribution < 1.29 is 5.11 Å². The van der Waals surface area contributed by atoms with E-state index in [0.29, 0.717) is 5.92 Å². The Morgan fingerprint density at radius 1 is 1.31 bits per heavy atom. The van der Waals surface area contributed by atoms with E-state index < -0.39 is 0 Å². The largest absolute Gasteiger partial charge is 0.393 e. The summed E-state index contributed by atoms with van der Waals surface area (Å²) in [7, 11) is 0. The molecule has 0 radical (unpaired) electrons. The van der Waals surface area contributed by atoms with Crippen LogP contribution in [0.1, 0.15) is 52.9 Å². The molecule has 0 aromatic heterocycles. The molecule has 1 fully saturated rings. The van der Waals surface area contributed by atoms with Gasteiger partial charge in [-0.15, -0.1) is 0 Å². The minimum absolute atomic E-state index is 0.00343. The lowest BCUT2D eigenvalue weighted by atomic mass is 9.81. The monoisotopic (exact) mass is 184 g/mol. The van der Waals surface area contributed by atoms with Crippen molar-refractivity contribution in [3.8, 4) is 0 Å². The summed E-state index contributed by atoms with van der Waals surface area (Å²) in [6.07, 6.45) is 6.06. The van der Waals surface area contributed by atoms with Crippen LogP contribution in [0.25, 0.3) is 0 Å². The number of aliphatic hydroxyl groups excluding tert-OH is 1. The molecule has 0 aliphatic heterocycles. The van der Waals surface area contributed by atoms with Gasteiger partial charge in [0.25, 0.3) is 0 Å². The van der Waals surface area contributed by atoms with Crippen LogP contribution in [0.5, 0.6) is 0 Å². The van der Waals surface area contributed by atoms with E-state index in [9.17, 15) is 5.11 Å². The first-order valence-corrected chi connectivity index (χ1v) is 5.83. The molecule has 0 amide bonds. The molecule has 1 aliphatic rings. The Labute approximate surface area is 82.5 Å². The zero-order valence-electron chi connectivity index (χ0n) is 9.29. The summed E-state index contributed by atoms with van der Waals surface area (Å²) in [5, 5.41) is 9.80. The summed E-state index contributed by atoms with van der Waals surface area (Å²) in [6.45, 7) is 6.83. The molecule has 0 aromatic rings. The van der Waals surface area contributed by atoms with Crippen LogP contribution in [0, 0.1) is 17.8 Å². The molecule has 3 unspecified atom stereocenters. The zero-order chi connectivity index (χ0) is 9.84. The van der Waals surface area contributed by atoms with E-state index in [1.807, 2.05) is 0 Å². The van der Waals surface area contributed by atoms with Crippen molar-refractivity contribution in [2.75, 3.05) is 0 Å². The van der Waals surface area contributed by atoms with Crippen molar-refractivity contribution in [2.24, 2.45) is 17.8 Å². The Bertz CT molecular complexity index is 142. The van der Waals surface area contributed by atoms with Gasteiger partial charge in [0.1, 0.15) is 0 Å². The first kappa shape index (κ1) is 11.0. The van der Waals surface area contributed by atoms with Crippen molar-refractivity contribution in [3.63, 3.8) is 0 Å². The fraction of sp³-hybridized carbons (Fsp3) is 1.00. The third kappa shape index (κ3) is 2.98. The minimum atomic E-state index is 0.00343. The number of hydrogen-bond donors (Lipinski definition) is 1. The summed E-state index contributed by atoms with van der Waals surface area (Å²) in [5.41, 5.74) is 0. The average molecular weight is 184 g/mol. The second-order valence-electron chi connectivity index (χ2n) is 4.96. The number of rotatable bonds is 4. The van der Waals surface area contributed by atoms with E-state index in [1.165, 1.54) is 25.7 Å². The first-order chi connectivity index (χ1) is 6.15. The maximum Gasteiger partial charge on any atom is 0.0571 e. The van der Waals surface area contributed by atoms with E-state index >= 15 is 0 Å². The van der Waals surface area contributed by atoms with Crippen LogP contribution in [0.3, 0.4) is 0 Å². The molecule has 78 valence electrons. The standard InChI is InChI=1S/C12H24O/c1-4-10(8-9(2)3)11-6-5-7-12(11)13/h9-13H,4-8H2,1-3H3. The summed E-state index contributed by atoms with van der Waals surface area (Å²) in [5.74, 6) is 2.14. The van der Waals surface area contributed by atoms with Gasteiger partial charge >= 0.3 is 0 Å². The predicted octanol–water partition coefficient (Wildman–Crippen LogP) is 3.22. The summed E-state index contributed by atoms with van der Waals surface area (Å²) < 4.78 is 0. The van der Waals surface area contributed by atoms with Gasteiger partial charge in [-0.05, 0) is 37.0 Å². The van der Waals surface area contributed by atoms with Gasteiger partial charge in [0.05, 0.1) is 6.10 Å². The predicted molar refractivity (Wildman–Crippen MR) is 56.6 cm³/mol. The molecule has 1 rings (SSSR count). The van der Waals surface area contributed by atoms with Gasteiger partial charge in [-0.25, -0.2) is 0 Å². The molecule has 1 saturated carbocycles. The number of aliphatic hydroxyl groups is 1. The van der Waals surface area contributed by atoms with Gasteiger partial charge < -0.3 is 5.11 Å². The maximum absolute atomic E-state index is 9.80. The van der Waals surface area contributed by atoms with Crippen LogP contribution in [0.15, 0.2) is 0 Å². The van der Waals surface area contributed by atoms with Crippen molar-refractivity contribution in [2.45, 2.75) is 59.0 Å². The Morgan fingerprint density at radius 2 is 2.00 bits per heavy atom. The Hall–Kier alpha value is -0.0400. The molecule has 0 spiro atoms. The van der Waals surface area contributed by atoms with Crippen LogP contribution < -0.4 is 0 Å². The Morgan fingerprint density at radius 3 is 2.38 bits per heavy atom. The highest BCUT2D eigenvalue weighted by molar-refractivity contribution is 4.82. The Kier molecular flexibility index (Phi) is 4.24. The fourth-order valence-corrected chi connectivity index (χ4v) is 2.77. The van der Waals surface area contributed by atoms with Crippen LogP contribution in [-0.2, 0) is 0 Å². The van der Waals surface area contributed by atoms with Crippen molar-refractivity contribution in [3.05, 3.63) is 0 Å². The molecular formula is C12H24O. The lowest BCUT2D eigenvalue weighted by Crippen LogP contribution is -2.23. The minimum Gasteiger partial charge on any atom is -0.393 e. The van der Waals surface area contributed by atoms with E-state index in [2.05, 4.69) is 20.8 Å². The molecule has 1 heteroatoms. The fourth-order valence-electron chi connectivity index (χ4n) is 2.77. The highest BCUT2D eigenvalue weighted by atomic mass is 16.3. The molecule has 0 heterocycles. The van der Waals surface area contributed by atoms with Gasteiger partial charge in [-0.2, -0.15) is 0 Å². The average Bonchev–Trinajstić information content (AvgIpc) is 2.47. The molecule has 0 aromatic carbocycles.